The number of imidazole rings is 1. The molecule has 1 aromatic rings. The van der Waals surface area contributed by atoms with Gasteiger partial charge in [-0.15, -0.1) is 0 Å². The molecule has 3 heteroatoms. The van der Waals surface area contributed by atoms with Gasteiger partial charge in [0.05, 0.1) is 0 Å². The molecule has 1 aromatic heterocycles. The first kappa shape index (κ1) is 9.71. The molecule has 1 aliphatic carbocycles. The van der Waals surface area contributed by atoms with Crippen LogP contribution in [0.25, 0.3) is 0 Å². The molecule has 1 fully saturated rings. The Morgan fingerprint density at radius 3 is 3.14 bits per heavy atom. The molecule has 78 valence electrons. The topological polar surface area (TPSA) is 40.7 Å². The lowest BCUT2D eigenvalue weighted by Gasteiger charge is -2.11. The van der Waals surface area contributed by atoms with E-state index in [4.69, 9.17) is 0 Å². The number of H-pyrrole nitrogens is 1. The SMILES string of the molecule is CC1CCC(NCCc2ncc[nH]2)C1. The Morgan fingerprint density at radius 2 is 2.50 bits per heavy atom. The fourth-order valence-electron chi connectivity index (χ4n) is 2.22. The van der Waals surface area contributed by atoms with E-state index in [9.17, 15) is 0 Å². The Balaban J connectivity index is 1.64. The van der Waals surface area contributed by atoms with Crippen molar-refractivity contribution in [3.63, 3.8) is 0 Å². The van der Waals surface area contributed by atoms with Crippen molar-refractivity contribution in [2.24, 2.45) is 5.92 Å². The van der Waals surface area contributed by atoms with E-state index < -0.39 is 0 Å². The molecule has 1 aliphatic rings. The first-order valence-corrected chi connectivity index (χ1v) is 5.56. The molecular weight excluding hydrogens is 174 g/mol. The summed E-state index contributed by atoms with van der Waals surface area (Å²) in [5.41, 5.74) is 0. The fourth-order valence-corrected chi connectivity index (χ4v) is 2.22. The third-order valence-electron chi connectivity index (χ3n) is 3.04. The first-order chi connectivity index (χ1) is 6.84. The van der Waals surface area contributed by atoms with Crippen molar-refractivity contribution < 1.29 is 0 Å². The summed E-state index contributed by atoms with van der Waals surface area (Å²) in [4.78, 5) is 7.32. The van der Waals surface area contributed by atoms with Crippen molar-refractivity contribution in [1.29, 1.82) is 0 Å². The van der Waals surface area contributed by atoms with Gasteiger partial charge in [0.2, 0.25) is 0 Å². The molecule has 2 rings (SSSR count). The zero-order valence-corrected chi connectivity index (χ0v) is 8.79. The molecule has 14 heavy (non-hydrogen) atoms. The second-order valence-corrected chi connectivity index (χ2v) is 4.36. The van der Waals surface area contributed by atoms with Crippen LogP contribution in [0.1, 0.15) is 32.0 Å². The van der Waals surface area contributed by atoms with Gasteiger partial charge in [-0.3, -0.25) is 0 Å². The molecule has 0 aromatic carbocycles. The first-order valence-electron chi connectivity index (χ1n) is 5.56. The normalized spacial score (nSPS) is 26.9. The summed E-state index contributed by atoms with van der Waals surface area (Å²) in [5, 5.41) is 3.59. The van der Waals surface area contributed by atoms with Crippen LogP contribution < -0.4 is 5.32 Å². The number of nitrogens with zero attached hydrogens (tertiary/aromatic N) is 1. The molecular formula is C11H19N3. The number of hydrogen-bond donors (Lipinski definition) is 2. The van der Waals surface area contributed by atoms with Gasteiger partial charge in [-0.25, -0.2) is 4.98 Å². The summed E-state index contributed by atoms with van der Waals surface area (Å²) in [6.07, 6.45) is 8.79. The fraction of sp³-hybridized carbons (Fsp3) is 0.727. The maximum Gasteiger partial charge on any atom is 0.107 e. The van der Waals surface area contributed by atoms with Crippen molar-refractivity contribution in [2.75, 3.05) is 6.54 Å². The van der Waals surface area contributed by atoms with Gasteiger partial charge in [-0.05, 0) is 25.2 Å². The Bertz CT molecular complexity index is 256. The minimum atomic E-state index is 0.750. The summed E-state index contributed by atoms with van der Waals surface area (Å²) >= 11 is 0. The lowest BCUT2D eigenvalue weighted by atomic mass is 10.1. The van der Waals surface area contributed by atoms with Crippen LogP contribution in [0.5, 0.6) is 0 Å². The predicted molar refractivity (Wildman–Crippen MR) is 57.1 cm³/mol. The average molecular weight is 193 g/mol. The molecule has 0 amide bonds. The third kappa shape index (κ3) is 2.58. The van der Waals surface area contributed by atoms with Crippen LogP contribution in [-0.2, 0) is 6.42 Å². The van der Waals surface area contributed by atoms with Crippen LogP contribution >= 0.6 is 0 Å². The highest BCUT2D eigenvalue weighted by Gasteiger charge is 2.20. The third-order valence-corrected chi connectivity index (χ3v) is 3.04. The molecule has 0 aliphatic heterocycles. The second-order valence-electron chi connectivity index (χ2n) is 4.36. The van der Waals surface area contributed by atoms with Crippen LogP contribution in [0.3, 0.4) is 0 Å². The number of nitrogens with one attached hydrogen (secondary N) is 2. The van der Waals surface area contributed by atoms with Gasteiger partial charge in [0, 0.05) is 31.4 Å². The number of hydrogen-bond acceptors (Lipinski definition) is 2. The van der Waals surface area contributed by atoms with Crippen LogP contribution in [-0.4, -0.2) is 22.6 Å². The Kier molecular flexibility index (Phi) is 3.19. The van der Waals surface area contributed by atoms with Crippen molar-refractivity contribution in [2.45, 2.75) is 38.6 Å². The highest BCUT2D eigenvalue weighted by Crippen LogP contribution is 2.24. The monoisotopic (exact) mass is 193 g/mol. The molecule has 0 saturated heterocycles. The van der Waals surface area contributed by atoms with E-state index in [1.54, 1.807) is 0 Å². The second kappa shape index (κ2) is 4.60. The van der Waals surface area contributed by atoms with Crippen LogP contribution in [0.4, 0.5) is 0 Å². The summed E-state index contributed by atoms with van der Waals surface area (Å²) in [6.45, 7) is 3.39. The van der Waals surface area contributed by atoms with Crippen LogP contribution in [0.15, 0.2) is 12.4 Å². The Morgan fingerprint density at radius 1 is 1.57 bits per heavy atom. The molecule has 3 nitrogen and oxygen atoms in total. The molecule has 0 spiro atoms. The van der Waals surface area contributed by atoms with E-state index in [0.29, 0.717) is 0 Å². The zero-order valence-electron chi connectivity index (χ0n) is 8.79. The lowest BCUT2D eigenvalue weighted by molar-refractivity contribution is 0.503. The maximum absolute atomic E-state index is 4.20. The number of aromatic nitrogens is 2. The number of rotatable bonds is 4. The van der Waals surface area contributed by atoms with Crippen LogP contribution in [0.2, 0.25) is 0 Å². The average Bonchev–Trinajstić information content (AvgIpc) is 2.77. The smallest absolute Gasteiger partial charge is 0.107 e. The summed E-state index contributed by atoms with van der Waals surface area (Å²) in [6, 6.07) is 0.750. The molecule has 0 radical (unpaired) electrons. The van der Waals surface area contributed by atoms with Gasteiger partial charge >= 0.3 is 0 Å². The van der Waals surface area contributed by atoms with E-state index in [2.05, 4.69) is 22.2 Å². The van der Waals surface area contributed by atoms with Crippen molar-refractivity contribution in [3.05, 3.63) is 18.2 Å². The quantitative estimate of drug-likeness (QED) is 0.764. The van der Waals surface area contributed by atoms with Crippen molar-refractivity contribution in [3.8, 4) is 0 Å². The van der Waals surface area contributed by atoms with E-state index in [-0.39, 0.29) is 0 Å². The van der Waals surface area contributed by atoms with Crippen molar-refractivity contribution >= 4 is 0 Å². The van der Waals surface area contributed by atoms with Crippen molar-refractivity contribution in [1.82, 2.24) is 15.3 Å². The van der Waals surface area contributed by atoms with E-state index >= 15 is 0 Å². The van der Waals surface area contributed by atoms with Gasteiger partial charge in [-0.2, -0.15) is 0 Å². The van der Waals surface area contributed by atoms with E-state index in [0.717, 1.165) is 30.7 Å². The summed E-state index contributed by atoms with van der Waals surface area (Å²) < 4.78 is 0. The lowest BCUT2D eigenvalue weighted by Crippen LogP contribution is -2.28. The van der Waals surface area contributed by atoms with Crippen LogP contribution in [0, 0.1) is 5.92 Å². The highest BCUT2D eigenvalue weighted by atomic mass is 14.9. The molecule has 1 saturated carbocycles. The minimum absolute atomic E-state index is 0.750. The molecule has 2 atom stereocenters. The van der Waals surface area contributed by atoms with E-state index in [1.807, 2.05) is 12.4 Å². The zero-order chi connectivity index (χ0) is 9.80. The van der Waals surface area contributed by atoms with Gasteiger partial charge < -0.3 is 10.3 Å². The van der Waals surface area contributed by atoms with E-state index in [1.165, 1.54) is 19.3 Å². The number of aromatic amines is 1. The largest absolute Gasteiger partial charge is 0.349 e. The van der Waals surface area contributed by atoms with Gasteiger partial charge in [0.15, 0.2) is 0 Å². The van der Waals surface area contributed by atoms with Gasteiger partial charge in [0.25, 0.3) is 0 Å². The predicted octanol–water partition coefficient (Wildman–Crippen LogP) is 1.73. The molecule has 1 heterocycles. The standard InChI is InChI=1S/C11H19N3/c1-9-2-3-10(8-9)12-5-4-11-13-6-7-14-11/h6-7,9-10,12H,2-5,8H2,1H3,(H,13,14). The minimum Gasteiger partial charge on any atom is -0.349 e. The Labute approximate surface area is 85.3 Å². The maximum atomic E-state index is 4.20. The highest BCUT2D eigenvalue weighted by molar-refractivity contribution is 4.88. The molecule has 2 unspecified atom stereocenters. The van der Waals surface area contributed by atoms with Gasteiger partial charge in [0.1, 0.15) is 5.82 Å². The van der Waals surface area contributed by atoms with Gasteiger partial charge in [-0.1, -0.05) is 6.92 Å². The molecule has 2 N–H and O–H groups in total. The summed E-state index contributed by atoms with van der Waals surface area (Å²) in [5.74, 6) is 2.00. The summed E-state index contributed by atoms with van der Waals surface area (Å²) in [7, 11) is 0. The Hall–Kier alpha value is -0.830. The molecule has 0 bridgehead atoms.